The summed E-state index contributed by atoms with van der Waals surface area (Å²) in [7, 11) is 0. The van der Waals surface area contributed by atoms with Crippen molar-refractivity contribution in [3.05, 3.63) is 78.9 Å². The molecule has 3 heterocycles. The molecule has 0 unspecified atom stereocenters. The van der Waals surface area contributed by atoms with Gasteiger partial charge in [-0.15, -0.1) is 0 Å². The Morgan fingerprint density at radius 1 is 0.833 bits per heavy atom. The second-order valence-corrected chi connectivity index (χ2v) is 6.14. The predicted molar refractivity (Wildman–Crippen MR) is 98.2 cm³/mol. The lowest BCUT2D eigenvalue weighted by Gasteiger charge is -2.11. The molecule has 3 nitrogen and oxygen atoms in total. The number of benzene rings is 2. The Balaban J connectivity index is 1.84. The minimum atomic E-state index is 0.961. The Morgan fingerprint density at radius 2 is 1.75 bits per heavy atom. The van der Waals surface area contributed by atoms with Crippen LogP contribution in [0.5, 0.6) is 0 Å². The summed E-state index contributed by atoms with van der Waals surface area (Å²) in [6.07, 6.45) is 7.82. The lowest BCUT2D eigenvalue weighted by Crippen LogP contribution is -1.91. The van der Waals surface area contributed by atoms with Crippen LogP contribution < -0.4 is 0 Å². The van der Waals surface area contributed by atoms with Crippen LogP contribution in [0.2, 0.25) is 0 Å². The van der Waals surface area contributed by atoms with Gasteiger partial charge >= 0.3 is 0 Å². The lowest BCUT2D eigenvalue weighted by atomic mass is 9.97. The summed E-state index contributed by atoms with van der Waals surface area (Å²) in [5, 5.41) is 4.79. The highest BCUT2D eigenvalue weighted by Gasteiger charge is 2.10. The highest BCUT2D eigenvalue weighted by molar-refractivity contribution is 5.98. The summed E-state index contributed by atoms with van der Waals surface area (Å²) in [5.74, 6) is 0. The molecule has 0 radical (unpaired) electrons. The maximum Gasteiger partial charge on any atom is 0.137 e. The fourth-order valence-corrected chi connectivity index (χ4v) is 3.41. The van der Waals surface area contributed by atoms with Gasteiger partial charge in [-0.2, -0.15) is 0 Å². The molecule has 5 rings (SSSR count). The molecule has 0 bridgehead atoms. The molecule has 0 saturated carbocycles. The number of hydrogen-bond donors (Lipinski definition) is 0. The number of rotatable bonds is 1. The van der Waals surface area contributed by atoms with E-state index in [0.29, 0.717) is 0 Å². The molecule has 0 aliphatic rings. The van der Waals surface area contributed by atoms with Gasteiger partial charge in [0.1, 0.15) is 5.65 Å². The van der Waals surface area contributed by atoms with Gasteiger partial charge in [-0.05, 0) is 52.9 Å². The summed E-state index contributed by atoms with van der Waals surface area (Å²) in [6, 6.07) is 17.0. The Bertz CT molecular complexity index is 1210. The van der Waals surface area contributed by atoms with Crippen LogP contribution in [0.15, 0.2) is 73.3 Å². The fraction of sp³-hybridized carbons (Fsp3) is 0.0476. The van der Waals surface area contributed by atoms with E-state index in [-0.39, 0.29) is 0 Å². The van der Waals surface area contributed by atoms with Crippen molar-refractivity contribution < 1.29 is 0 Å². The van der Waals surface area contributed by atoms with Crippen LogP contribution in [0.3, 0.4) is 0 Å². The first-order chi connectivity index (χ1) is 11.8. The van der Waals surface area contributed by atoms with Crippen molar-refractivity contribution in [3.63, 3.8) is 0 Å². The third-order valence-corrected chi connectivity index (χ3v) is 4.62. The molecule has 3 aromatic heterocycles. The summed E-state index contributed by atoms with van der Waals surface area (Å²) < 4.78 is 2.05. The van der Waals surface area contributed by atoms with Crippen LogP contribution in [-0.4, -0.2) is 14.4 Å². The molecule has 2 aromatic carbocycles. The van der Waals surface area contributed by atoms with Crippen LogP contribution in [0.1, 0.15) is 5.56 Å². The van der Waals surface area contributed by atoms with Crippen molar-refractivity contribution in [2.24, 2.45) is 0 Å². The van der Waals surface area contributed by atoms with E-state index in [1.165, 1.54) is 32.7 Å². The zero-order valence-electron chi connectivity index (χ0n) is 13.3. The largest absolute Gasteiger partial charge is 0.306 e. The lowest BCUT2D eigenvalue weighted by molar-refractivity contribution is 1.20. The van der Waals surface area contributed by atoms with E-state index in [2.05, 4.69) is 76.0 Å². The highest BCUT2D eigenvalue weighted by Crippen LogP contribution is 2.32. The minimum absolute atomic E-state index is 0.961. The molecule has 0 saturated heterocycles. The zero-order valence-corrected chi connectivity index (χ0v) is 13.3. The van der Waals surface area contributed by atoms with Crippen molar-refractivity contribution in [2.45, 2.75) is 6.92 Å². The predicted octanol–water partition coefficient (Wildman–Crippen LogP) is 5.01. The van der Waals surface area contributed by atoms with E-state index in [4.69, 9.17) is 0 Å². The van der Waals surface area contributed by atoms with Gasteiger partial charge in [-0.3, -0.25) is 4.98 Å². The standard InChI is InChI=1S/C21H15N3/c1-14-10-17-13-24-9-8-22-20(24)12-16(17)11-19(14)21-18-5-3-2-4-15(18)6-7-23-21/h2-13H,1H3. The third kappa shape index (κ3) is 1.91. The Labute approximate surface area is 139 Å². The van der Waals surface area contributed by atoms with Crippen molar-refractivity contribution in [1.29, 1.82) is 0 Å². The molecule has 0 spiro atoms. The molecule has 0 amide bonds. The van der Waals surface area contributed by atoms with Gasteiger partial charge < -0.3 is 4.40 Å². The minimum Gasteiger partial charge on any atom is -0.306 e. The maximum absolute atomic E-state index is 4.68. The topological polar surface area (TPSA) is 30.2 Å². The average Bonchev–Trinajstić information content (AvgIpc) is 3.06. The summed E-state index contributed by atoms with van der Waals surface area (Å²) in [5.41, 5.74) is 4.40. The van der Waals surface area contributed by atoms with E-state index >= 15 is 0 Å². The summed E-state index contributed by atoms with van der Waals surface area (Å²) >= 11 is 0. The third-order valence-electron chi connectivity index (χ3n) is 4.62. The van der Waals surface area contributed by atoms with E-state index in [9.17, 15) is 0 Å². The van der Waals surface area contributed by atoms with Gasteiger partial charge in [0.2, 0.25) is 0 Å². The van der Waals surface area contributed by atoms with Gasteiger partial charge in [0.15, 0.2) is 0 Å². The van der Waals surface area contributed by atoms with Crippen molar-refractivity contribution >= 4 is 27.2 Å². The second kappa shape index (κ2) is 4.90. The van der Waals surface area contributed by atoms with E-state index < -0.39 is 0 Å². The smallest absolute Gasteiger partial charge is 0.137 e. The van der Waals surface area contributed by atoms with Crippen molar-refractivity contribution in [1.82, 2.24) is 14.4 Å². The van der Waals surface area contributed by atoms with Gasteiger partial charge in [-0.25, -0.2) is 4.98 Å². The molecule has 24 heavy (non-hydrogen) atoms. The van der Waals surface area contributed by atoms with Gasteiger partial charge in [0, 0.05) is 35.7 Å². The first-order valence-corrected chi connectivity index (χ1v) is 8.01. The molecule has 0 fully saturated rings. The normalized spacial score (nSPS) is 11.5. The molecular formula is C21H15N3. The Morgan fingerprint density at radius 3 is 2.71 bits per heavy atom. The number of aromatic nitrogens is 3. The maximum atomic E-state index is 4.68. The van der Waals surface area contributed by atoms with Crippen molar-refractivity contribution in [2.75, 3.05) is 0 Å². The Kier molecular flexibility index (Phi) is 2.71. The zero-order chi connectivity index (χ0) is 16.1. The van der Waals surface area contributed by atoms with Crippen LogP contribution in [0.4, 0.5) is 0 Å². The molecule has 0 aliphatic heterocycles. The monoisotopic (exact) mass is 309 g/mol. The van der Waals surface area contributed by atoms with Gasteiger partial charge in [0.05, 0.1) is 5.69 Å². The SMILES string of the molecule is Cc1cc2cn3ccnc3cc2cc1-c1nccc2ccccc12. The molecule has 114 valence electrons. The summed E-state index contributed by atoms with van der Waals surface area (Å²) in [6.45, 7) is 2.15. The van der Waals surface area contributed by atoms with Crippen LogP contribution >= 0.6 is 0 Å². The molecule has 5 aromatic rings. The summed E-state index contributed by atoms with van der Waals surface area (Å²) in [4.78, 5) is 9.07. The van der Waals surface area contributed by atoms with Crippen LogP contribution in [0, 0.1) is 6.92 Å². The number of imidazole rings is 1. The molecule has 0 N–H and O–H groups in total. The quantitative estimate of drug-likeness (QED) is 0.435. The van der Waals surface area contributed by atoms with Crippen LogP contribution in [-0.2, 0) is 0 Å². The highest BCUT2D eigenvalue weighted by atomic mass is 15.0. The molecule has 0 aliphatic carbocycles. The van der Waals surface area contributed by atoms with E-state index in [1.54, 1.807) is 0 Å². The van der Waals surface area contributed by atoms with Gasteiger partial charge in [0.25, 0.3) is 0 Å². The average molecular weight is 309 g/mol. The van der Waals surface area contributed by atoms with Crippen LogP contribution in [0.25, 0.3) is 38.4 Å². The number of fused-ring (bicyclic) bond motifs is 3. The van der Waals surface area contributed by atoms with Gasteiger partial charge in [-0.1, -0.05) is 24.3 Å². The van der Waals surface area contributed by atoms with E-state index in [0.717, 1.165) is 11.3 Å². The molecule has 0 atom stereocenters. The first kappa shape index (κ1) is 13.3. The number of nitrogens with zero attached hydrogens (tertiary/aromatic N) is 3. The number of hydrogen-bond acceptors (Lipinski definition) is 2. The second-order valence-electron chi connectivity index (χ2n) is 6.14. The molecular weight excluding hydrogens is 294 g/mol. The Hall–Kier alpha value is -3.20. The van der Waals surface area contributed by atoms with E-state index in [1.807, 2.05) is 18.6 Å². The van der Waals surface area contributed by atoms with Crippen molar-refractivity contribution in [3.8, 4) is 11.3 Å². The number of pyridine rings is 2. The fourth-order valence-electron chi connectivity index (χ4n) is 3.41. The number of aryl methyl sites for hydroxylation is 1. The molecule has 3 heteroatoms. The first-order valence-electron chi connectivity index (χ1n) is 8.01.